The number of aryl methyl sites for hydroxylation is 1. The molecule has 37 heavy (non-hydrogen) atoms. The van der Waals surface area contributed by atoms with E-state index in [0.717, 1.165) is 61.6 Å². The Hall–Kier alpha value is -3.26. The summed E-state index contributed by atoms with van der Waals surface area (Å²) in [6, 6.07) is 15.3. The molecule has 1 aliphatic rings. The van der Waals surface area contributed by atoms with Crippen LogP contribution in [0, 0.1) is 6.92 Å². The Morgan fingerprint density at radius 1 is 1.19 bits per heavy atom. The summed E-state index contributed by atoms with van der Waals surface area (Å²) in [4.78, 5) is 31.2. The predicted octanol–water partition coefficient (Wildman–Crippen LogP) is 7.05. The zero-order valence-electron chi connectivity index (χ0n) is 20.9. The van der Waals surface area contributed by atoms with Gasteiger partial charge in [0.05, 0.1) is 16.6 Å². The second kappa shape index (κ2) is 10.2. The lowest BCUT2D eigenvalue weighted by Crippen LogP contribution is -2.20. The van der Waals surface area contributed by atoms with Crippen LogP contribution in [0.15, 0.2) is 48.5 Å². The first kappa shape index (κ1) is 25.4. The molecule has 1 unspecified atom stereocenters. The number of likely N-dealkylation sites (N-methyl/N-ethyl adjacent to an activating group) is 1. The van der Waals surface area contributed by atoms with Gasteiger partial charge in [0.2, 0.25) is 5.91 Å². The quantitative estimate of drug-likeness (QED) is 0.245. The maximum Gasteiger partial charge on any atom is 0.337 e. The van der Waals surface area contributed by atoms with Crippen molar-refractivity contribution in [1.82, 2.24) is 4.98 Å². The van der Waals surface area contributed by atoms with Gasteiger partial charge in [-0.15, -0.1) is 11.3 Å². The molecule has 0 saturated carbocycles. The van der Waals surface area contributed by atoms with Crippen LogP contribution in [-0.2, 0) is 20.7 Å². The molecule has 4 aromatic rings. The van der Waals surface area contributed by atoms with E-state index in [4.69, 9.17) is 21.3 Å². The largest absolute Gasteiger partial charge is 0.479 e. The van der Waals surface area contributed by atoms with Gasteiger partial charge in [-0.25, -0.2) is 9.78 Å². The number of nitrogens with zero attached hydrogens (tertiary/aromatic N) is 2. The molecule has 0 radical (unpaired) electrons. The number of rotatable bonds is 8. The summed E-state index contributed by atoms with van der Waals surface area (Å²) in [6.45, 7) is 4.31. The van der Waals surface area contributed by atoms with Gasteiger partial charge < -0.3 is 14.7 Å². The first-order valence-corrected chi connectivity index (χ1v) is 13.4. The molecule has 1 amide bonds. The minimum absolute atomic E-state index is 0.0736. The van der Waals surface area contributed by atoms with E-state index in [9.17, 15) is 14.7 Å². The number of benzene rings is 3. The molecule has 2 heterocycles. The van der Waals surface area contributed by atoms with Crippen molar-refractivity contribution in [2.45, 2.75) is 39.2 Å². The summed E-state index contributed by atoms with van der Waals surface area (Å²) in [5, 5.41) is 11.6. The molecule has 8 heteroatoms. The molecular formula is C29H27ClN2O4S. The maximum absolute atomic E-state index is 12.4. The van der Waals surface area contributed by atoms with Crippen molar-refractivity contribution >= 4 is 50.7 Å². The van der Waals surface area contributed by atoms with Gasteiger partial charge in [-0.05, 0) is 66.4 Å². The highest BCUT2D eigenvalue weighted by Gasteiger charge is 2.29. The van der Waals surface area contributed by atoms with Gasteiger partial charge in [-0.1, -0.05) is 37.1 Å². The minimum atomic E-state index is -1.10. The number of hydrogen-bond donors (Lipinski definition) is 1. The van der Waals surface area contributed by atoms with Crippen LogP contribution in [0.5, 0.6) is 0 Å². The maximum atomic E-state index is 12.4. The highest BCUT2D eigenvalue weighted by atomic mass is 35.5. The van der Waals surface area contributed by atoms with Crippen LogP contribution in [0.1, 0.15) is 42.6 Å². The van der Waals surface area contributed by atoms with Gasteiger partial charge >= 0.3 is 5.97 Å². The number of carboxylic acid groups (broad SMARTS) is 1. The van der Waals surface area contributed by atoms with E-state index in [-0.39, 0.29) is 5.91 Å². The third-order valence-electron chi connectivity index (χ3n) is 6.73. The van der Waals surface area contributed by atoms with Crippen LogP contribution < -0.4 is 4.90 Å². The molecule has 0 spiro atoms. The van der Waals surface area contributed by atoms with Crippen molar-refractivity contribution in [2.75, 3.05) is 18.6 Å². The number of thiazole rings is 1. The molecule has 1 aromatic heterocycles. The number of amides is 1. The van der Waals surface area contributed by atoms with E-state index in [1.54, 1.807) is 24.1 Å². The SMILES string of the molecule is CCCCOC(C(=O)O)c1c(C)cc2nc(-c3ccc4c(c3)CC(=O)N4C)sc2c1-c1ccc(Cl)cc1. The lowest BCUT2D eigenvalue weighted by Gasteiger charge is -2.21. The minimum Gasteiger partial charge on any atom is -0.479 e. The Labute approximate surface area is 224 Å². The van der Waals surface area contributed by atoms with Gasteiger partial charge in [0.25, 0.3) is 0 Å². The molecule has 5 rings (SSSR count). The first-order chi connectivity index (χ1) is 17.8. The predicted molar refractivity (Wildman–Crippen MR) is 149 cm³/mol. The second-order valence-corrected chi connectivity index (χ2v) is 10.7. The lowest BCUT2D eigenvalue weighted by atomic mass is 9.91. The Morgan fingerprint density at radius 2 is 1.92 bits per heavy atom. The number of carbonyl (C=O) groups is 2. The van der Waals surface area contributed by atoms with Crippen molar-refractivity contribution in [3.05, 3.63) is 70.2 Å². The van der Waals surface area contributed by atoms with Crippen LogP contribution in [0.25, 0.3) is 31.9 Å². The van der Waals surface area contributed by atoms with Crippen LogP contribution >= 0.6 is 22.9 Å². The number of carbonyl (C=O) groups excluding carboxylic acids is 1. The molecule has 1 aliphatic heterocycles. The Morgan fingerprint density at radius 3 is 2.62 bits per heavy atom. The Balaban J connectivity index is 1.70. The van der Waals surface area contributed by atoms with E-state index in [0.29, 0.717) is 23.6 Å². The number of aliphatic carboxylic acids is 1. The molecule has 1 atom stereocenters. The van der Waals surface area contributed by atoms with Crippen molar-refractivity contribution in [2.24, 2.45) is 0 Å². The van der Waals surface area contributed by atoms with Crippen molar-refractivity contribution in [3.63, 3.8) is 0 Å². The fraction of sp³-hybridized carbons (Fsp3) is 0.276. The van der Waals surface area contributed by atoms with Crippen LogP contribution in [0.2, 0.25) is 5.02 Å². The monoisotopic (exact) mass is 534 g/mol. The summed E-state index contributed by atoms with van der Waals surface area (Å²) in [6.07, 6.45) is 0.963. The van der Waals surface area contributed by atoms with E-state index in [2.05, 4.69) is 0 Å². The van der Waals surface area contributed by atoms with Crippen LogP contribution in [0.4, 0.5) is 5.69 Å². The summed E-state index contributed by atoms with van der Waals surface area (Å²) >= 11 is 7.69. The third-order valence-corrected chi connectivity index (χ3v) is 8.12. The molecule has 1 N–H and O–H groups in total. The molecule has 3 aromatic carbocycles. The number of halogens is 1. The van der Waals surface area contributed by atoms with Gasteiger partial charge in [0.15, 0.2) is 6.10 Å². The summed E-state index contributed by atoms with van der Waals surface area (Å²) < 4.78 is 6.82. The fourth-order valence-corrected chi connectivity index (χ4v) is 6.05. The standard InChI is InChI=1S/C29H27ClN2O4S/c1-4-5-12-36-26(29(34)35)24-16(2)13-21-27(25(24)17-6-9-20(30)10-7-17)37-28(31-21)18-8-11-22-19(14-18)15-23(33)32(22)3/h6-11,13-14,26H,4-5,12,15H2,1-3H3,(H,34,35). The lowest BCUT2D eigenvalue weighted by molar-refractivity contribution is -0.151. The second-order valence-electron chi connectivity index (χ2n) is 9.27. The van der Waals surface area contributed by atoms with Gasteiger partial charge in [0, 0.05) is 41.1 Å². The fourth-order valence-electron chi connectivity index (χ4n) is 4.80. The average molecular weight is 535 g/mol. The summed E-state index contributed by atoms with van der Waals surface area (Å²) in [7, 11) is 1.79. The number of unbranched alkanes of at least 4 members (excludes halogenated alkanes) is 1. The van der Waals surface area contributed by atoms with E-state index >= 15 is 0 Å². The Bertz CT molecular complexity index is 1510. The number of carboxylic acids is 1. The topological polar surface area (TPSA) is 79.7 Å². The smallest absolute Gasteiger partial charge is 0.337 e. The van der Waals surface area contributed by atoms with Gasteiger partial charge in [0.1, 0.15) is 5.01 Å². The molecule has 190 valence electrons. The number of anilines is 1. The third kappa shape index (κ3) is 4.75. The zero-order chi connectivity index (χ0) is 26.3. The molecule has 0 bridgehead atoms. The van der Waals surface area contributed by atoms with Gasteiger partial charge in [-0.3, -0.25) is 4.79 Å². The highest BCUT2D eigenvalue weighted by Crippen LogP contribution is 2.44. The van der Waals surface area contributed by atoms with Crippen molar-refractivity contribution < 1.29 is 19.4 Å². The van der Waals surface area contributed by atoms with Crippen LogP contribution in [0.3, 0.4) is 0 Å². The molecule has 0 saturated heterocycles. The van der Waals surface area contributed by atoms with Crippen LogP contribution in [-0.4, -0.2) is 35.6 Å². The molecule has 0 fully saturated rings. The number of aromatic nitrogens is 1. The first-order valence-electron chi connectivity index (χ1n) is 12.2. The summed E-state index contributed by atoms with van der Waals surface area (Å²) in [5.41, 5.74) is 6.72. The molecular weight excluding hydrogens is 508 g/mol. The molecule has 6 nitrogen and oxygen atoms in total. The van der Waals surface area contributed by atoms with Crippen molar-refractivity contribution in [3.8, 4) is 21.7 Å². The van der Waals surface area contributed by atoms with Gasteiger partial charge in [-0.2, -0.15) is 0 Å². The number of ether oxygens (including phenoxy) is 1. The number of fused-ring (bicyclic) bond motifs is 2. The highest BCUT2D eigenvalue weighted by molar-refractivity contribution is 7.22. The Kier molecular flexibility index (Phi) is 7.03. The number of hydrogen-bond acceptors (Lipinski definition) is 5. The summed E-state index contributed by atoms with van der Waals surface area (Å²) in [5.74, 6) is -0.949. The van der Waals surface area contributed by atoms with E-state index in [1.165, 1.54) is 11.3 Å². The van der Waals surface area contributed by atoms with E-state index < -0.39 is 12.1 Å². The average Bonchev–Trinajstić information content (AvgIpc) is 3.42. The molecule has 0 aliphatic carbocycles. The van der Waals surface area contributed by atoms with Crippen molar-refractivity contribution in [1.29, 1.82) is 0 Å². The van der Waals surface area contributed by atoms with E-state index in [1.807, 2.05) is 50.2 Å². The zero-order valence-corrected chi connectivity index (χ0v) is 22.4. The normalized spacial score (nSPS) is 13.8.